The molecule has 0 amide bonds. The zero-order valence-electron chi connectivity index (χ0n) is 10.2. The van der Waals surface area contributed by atoms with E-state index in [-0.39, 0.29) is 11.7 Å². The molecule has 4 rings (SSSR count). The molecule has 3 heterocycles. The van der Waals surface area contributed by atoms with Crippen molar-refractivity contribution in [2.24, 2.45) is 0 Å². The Kier molecular flexibility index (Phi) is 2.09. The molecule has 3 aromatic heterocycles. The maximum Gasteiger partial charge on any atom is 0.200 e. The number of pyridine rings is 1. The van der Waals surface area contributed by atoms with Crippen molar-refractivity contribution >= 4 is 16.6 Å². The van der Waals surface area contributed by atoms with E-state index < -0.39 is 0 Å². The van der Waals surface area contributed by atoms with Crippen LogP contribution in [0.5, 0.6) is 5.88 Å². The molecular formula is C14H9FN4O. The van der Waals surface area contributed by atoms with E-state index in [1.165, 1.54) is 12.1 Å². The summed E-state index contributed by atoms with van der Waals surface area (Å²) in [4.78, 5) is 7.14. The van der Waals surface area contributed by atoms with Crippen molar-refractivity contribution < 1.29 is 9.50 Å². The highest BCUT2D eigenvalue weighted by Crippen LogP contribution is 2.35. The average Bonchev–Trinajstić information content (AvgIpc) is 2.97. The number of hydrogen-bond acceptors (Lipinski definition) is 3. The Morgan fingerprint density at radius 1 is 1.20 bits per heavy atom. The van der Waals surface area contributed by atoms with Gasteiger partial charge < -0.3 is 10.1 Å². The highest BCUT2D eigenvalue weighted by atomic mass is 19.1. The van der Waals surface area contributed by atoms with Crippen molar-refractivity contribution in [2.75, 3.05) is 0 Å². The van der Waals surface area contributed by atoms with Gasteiger partial charge in [-0.1, -0.05) is 6.07 Å². The number of aromatic nitrogens is 4. The molecule has 1 aromatic carbocycles. The van der Waals surface area contributed by atoms with Crippen LogP contribution in [0.1, 0.15) is 0 Å². The van der Waals surface area contributed by atoms with Crippen LogP contribution in [0.2, 0.25) is 0 Å². The van der Waals surface area contributed by atoms with Gasteiger partial charge in [0.1, 0.15) is 5.82 Å². The van der Waals surface area contributed by atoms with Crippen molar-refractivity contribution in [3.63, 3.8) is 0 Å². The van der Waals surface area contributed by atoms with Gasteiger partial charge in [-0.05, 0) is 30.3 Å². The molecule has 2 N–H and O–H groups in total. The fraction of sp³-hybridized carbons (Fsp3) is 0. The number of hydrogen-bond donors (Lipinski definition) is 2. The van der Waals surface area contributed by atoms with Crippen LogP contribution in [0.25, 0.3) is 27.9 Å². The third kappa shape index (κ3) is 1.48. The fourth-order valence-corrected chi connectivity index (χ4v) is 2.31. The number of aromatic hydroxyl groups is 1. The lowest BCUT2D eigenvalue weighted by atomic mass is 10.1. The first-order chi connectivity index (χ1) is 9.72. The monoisotopic (exact) mass is 268 g/mol. The minimum Gasteiger partial charge on any atom is -0.494 e. The number of benzene rings is 1. The van der Waals surface area contributed by atoms with Gasteiger partial charge in [-0.3, -0.25) is 0 Å². The molecule has 0 aliphatic rings. The van der Waals surface area contributed by atoms with E-state index in [0.717, 1.165) is 0 Å². The molecule has 0 spiro atoms. The van der Waals surface area contributed by atoms with Crippen LogP contribution < -0.4 is 0 Å². The number of H-pyrrole nitrogens is 1. The molecule has 0 atom stereocenters. The van der Waals surface area contributed by atoms with Crippen molar-refractivity contribution in [2.45, 2.75) is 0 Å². The summed E-state index contributed by atoms with van der Waals surface area (Å²) in [6.07, 6.45) is 1.76. The molecule has 5 nitrogen and oxygen atoms in total. The highest BCUT2D eigenvalue weighted by Gasteiger charge is 2.17. The summed E-state index contributed by atoms with van der Waals surface area (Å²) in [5.41, 5.74) is 1.70. The zero-order chi connectivity index (χ0) is 13.7. The molecule has 0 aliphatic carbocycles. The fourth-order valence-electron chi connectivity index (χ4n) is 2.31. The van der Waals surface area contributed by atoms with Crippen LogP contribution in [0, 0.1) is 5.82 Å². The normalized spacial score (nSPS) is 11.4. The predicted molar refractivity (Wildman–Crippen MR) is 71.9 cm³/mol. The topological polar surface area (TPSA) is 66.2 Å². The third-order valence-corrected chi connectivity index (χ3v) is 3.21. The van der Waals surface area contributed by atoms with Gasteiger partial charge in [-0.15, -0.1) is 5.10 Å². The van der Waals surface area contributed by atoms with Gasteiger partial charge >= 0.3 is 0 Å². The Balaban J connectivity index is 2.05. The summed E-state index contributed by atoms with van der Waals surface area (Å²) in [5.74, 6) is -0.0893. The Labute approximate surface area is 112 Å². The van der Waals surface area contributed by atoms with E-state index >= 15 is 0 Å². The number of fused-ring (bicyclic) bond motifs is 2. The first-order valence-electron chi connectivity index (χ1n) is 6.04. The number of nitrogens with zero attached hydrogens (tertiary/aromatic N) is 3. The standard InChI is InChI=1S/C14H9FN4O/c15-8-4-5-10-9(7-8)12(14(20)16-10)13-17-11-3-1-2-6-19(11)18-13/h1-7,16,20H. The Morgan fingerprint density at radius 2 is 2.10 bits per heavy atom. The maximum atomic E-state index is 13.4. The van der Waals surface area contributed by atoms with Gasteiger partial charge in [-0.25, -0.2) is 13.9 Å². The lowest BCUT2D eigenvalue weighted by molar-refractivity contribution is 0.460. The molecule has 0 bridgehead atoms. The molecule has 6 heteroatoms. The van der Waals surface area contributed by atoms with Gasteiger partial charge in [0.15, 0.2) is 11.5 Å². The number of rotatable bonds is 1. The van der Waals surface area contributed by atoms with Crippen LogP contribution in [-0.2, 0) is 0 Å². The summed E-state index contributed by atoms with van der Waals surface area (Å²) < 4.78 is 15.0. The molecule has 0 saturated carbocycles. The first-order valence-corrected chi connectivity index (χ1v) is 6.04. The summed E-state index contributed by atoms with van der Waals surface area (Å²) >= 11 is 0. The van der Waals surface area contributed by atoms with E-state index in [0.29, 0.717) is 27.9 Å². The van der Waals surface area contributed by atoms with Crippen molar-refractivity contribution in [1.82, 2.24) is 19.6 Å². The number of halogens is 1. The molecule has 0 unspecified atom stereocenters. The van der Waals surface area contributed by atoms with Crippen LogP contribution in [0.4, 0.5) is 4.39 Å². The minimum absolute atomic E-state index is 0.0680. The molecular weight excluding hydrogens is 259 g/mol. The lowest BCUT2D eigenvalue weighted by Crippen LogP contribution is -1.85. The summed E-state index contributed by atoms with van der Waals surface area (Å²) in [5, 5.41) is 14.9. The quantitative estimate of drug-likeness (QED) is 0.558. The number of nitrogens with one attached hydrogen (secondary N) is 1. The molecule has 20 heavy (non-hydrogen) atoms. The van der Waals surface area contributed by atoms with Crippen LogP contribution >= 0.6 is 0 Å². The minimum atomic E-state index is -0.374. The van der Waals surface area contributed by atoms with Crippen molar-refractivity contribution in [3.8, 4) is 17.3 Å². The van der Waals surface area contributed by atoms with Gasteiger partial charge in [0.05, 0.1) is 5.56 Å². The van der Waals surface area contributed by atoms with E-state index in [1.807, 2.05) is 18.2 Å². The molecule has 0 fully saturated rings. The predicted octanol–water partition coefficient (Wildman–Crippen LogP) is 2.72. The maximum absolute atomic E-state index is 13.4. The lowest BCUT2D eigenvalue weighted by Gasteiger charge is -1.94. The zero-order valence-corrected chi connectivity index (χ0v) is 10.2. The molecule has 0 saturated heterocycles. The third-order valence-electron chi connectivity index (χ3n) is 3.21. The number of aromatic amines is 1. The molecule has 98 valence electrons. The SMILES string of the molecule is Oc1[nH]c2ccc(F)cc2c1-c1nc2ccccn2n1. The molecule has 0 radical (unpaired) electrons. The second-order valence-corrected chi connectivity index (χ2v) is 4.48. The van der Waals surface area contributed by atoms with E-state index in [9.17, 15) is 9.50 Å². The van der Waals surface area contributed by atoms with Gasteiger partial charge in [0.2, 0.25) is 5.88 Å². The van der Waals surface area contributed by atoms with E-state index in [2.05, 4.69) is 15.1 Å². The van der Waals surface area contributed by atoms with Crippen LogP contribution in [0.15, 0.2) is 42.6 Å². The summed E-state index contributed by atoms with van der Waals surface area (Å²) in [7, 11) is 0. The summed E-state index contributed by atoms with van der Waals surface area (Å²) in [6, 6.07) is 9.75. The highest BCUT2D eigenvalue weighted by molar-refractivity contribution is 5.97. The first kappa shape index (κ1) is 11.0. The van der Waals surface area contributed by atoms with Gasteiger partial charge in [-0.2, -0.15) is 0 Å². The van der Waals surface area contributed by atoms with Gasteiger partial charge in [0.25, 0.3) is 0 Å². The second-order valence-electron chi connectivity index (χ2n) is 4.48. The van der Waals surface area contributed by atoms with E-state index in [4.69, 9.17) is 0 Å². The smallest absolute Gasteiger partial charge is 0.200 e. The molecule has 4 aromatic rings. The average molecular weight is 268 g/mol. The Morgan fingerprint density at radius 3 is 2.95 bits per heavy atom. The van der Waals surface area contributed by atoms with Crippen molar-refractivity contribution in [3.05, 3.63) is 48.4 Å². The Hall–Kier alpha value is -2.89. The van der Waals surface area contributed by atoms with Crippen LogP contribution in [0.3, 0.4) is 0 Å². The van der Waals surface area contributed by atoms with E-state index in [1.54, 1.807) is 16.8 Å². The second kappa shape index (κ2) is 3.80. The van der Waals surface area contributed by atoms with Crippen LogP contribution in [-0.4, -0.2) is 24.7 Å². The van der Waals surface area contributed by atoms with Gasteiger partial charge in [0, 0.05) is 17.1 Å². The summed E-state index contributed by atoms with van der Waals surface area (Å²) in [6.45, 7) is 0. The van der Waals surface area contributed by atoms with Crippen molar-refractivity contribution in [1.29, 1.82) is 0 Å². The Bertz CT molecular complexity index is 908. The largest absolute Gasteiger partial charge is 0.494 e. The molecule has 0 aliphatic heterocycles.